The van der Waals surface area contributed by atoms with Gasteiger partial charge in [-0.05, 0) is 38.3 Å². The van der Waals surface area contributed by atoms with Crippen molar-refractivity contribution in [3.63, 3.8) is 0 Å². The Morgan fingerprint density at radius 1 is 1.44 bits per heavy atom. The Labute approximate surface area is 104 Å². The predicted octanol–water partition coefficient (Wildman–Crippen LogP) is 1.07. The molecular formula is C11H19F3N2O2. The Hall–Kier alpha value is -0.820. The Balaban J connectivity index is 1.98. The molecule has 7 heteroatoms. The Morgan fingerprint density at radius 3 is 2.83 bits per heavy atom. The largest absolute Gasteiger partial charge is 0.405 e. The number of amides is 1. The molecule has 0 radical (unpaired) electrons. The van der Waals surface area contributed by atoms with Crippen LogP contribution in [0.25, 0.3) is 0 Å². The minimum atomic E-state index is -4.37. The van der Waals surface area contributed by atoms with Gasteiger partial charge in [0.25, 0.3) is 0 Å². The second kappa shape index (κ2) is 7.58. The highest BCUT2D eigenvalue weighted by molar-refractivity contribution is 5.77. The van der Waals surface area contributed by atoms with Crippen LogP contribution in [0, 0.1) is 5.92 Å². The summed E-state index contributed by atoms with van der Waals surface area (Å²) in [4.78, 5) is 11.0. The van der Waals surface area contributed by atoms with Crippen LogP contribution >= 0.6 is 0 Å². The molecular weight excluding hydrogens is 249 g/mol. The van der Waals surface area contributed by atoms with E-state index in [0.29, 0.717) is 12.5 Å². The summed E-state index contributed by atoms with van der Waals surface area (Å²) in [6.07, 6.45) is -1.27. The molecule has 1 unspecified atom stereocenters. The van der Waals surface area contributed by atoms with Gasteiger partial charge >= 0.3 is 6.18 Å². The number of rotatable bonds is 6. The fourth-order valence-corrected chi connectivity index (χ4v) is 1.84. The number of nitrogens with one attached hydrogen (secondary N) is 2. The molecule has 2 N–H and O–H groups in total. The van der Waals surface area contributed by atoms with Gasteiger partial charge in [-0.15, -0.1) is 0 Å². The van der Waals surface area contributed by atoms with Crippen LogP contribution in [0.1, 0.15) is 19.3 Å². The molecule has 0 spiro atoms. The maximum Gasteiger partial charge on any atom is 0.405 e. The van der Waals surface area contributed by atoms with Crippen LogP contribution in [0.5, 0.6) is 0 Å². The fraction of sp³-hybridized carbons (Fsp3) is 0.909. The van der Waals surface area contributed by atoms with Gasteiger partial charge in [0.15, 0.2) is 0 Å². The van der Waals surface area contributed by atoms with E-state index in [1.807, 2.05) is 0 Å². The van der Waals surface area contributed by atoms with E-state index in [2.05, 4.69) is 5.32 Å². The Kier molecular flexibility index (Phi) is 6.42. The zero-order valence-electron chi connectivity index (χ0n) is 10.2. The topological polar surface area (TPSA) is 50.4 Å². The average molecular weight is 268 g/mol. The quantitative estimate of drug-likeness (QED) is 0.709. The summed E-state index contributed by atoms with van der Waals surface area (Å²) in [5, 5.41) is 5.02. The summed E-state index contributed by atoms with van der Waals surface area (Å²) in [7, 11) is 0. The van der Waals surface area contributed by atoms with E-state index >= 15 is 0 Å². The van der Waals surface area contributed by atoms with Crippen LogP contribution in [-0.4, -0.2) is 44.9 Å². The van der Waals surface area contributed by atoms with Crippen molar-refractivity contribution in [1.82, 2.24) is 10.6 Å². The third-order valence-electron chi connectivity index (χ3n) is 2.79. The summed E-state index contributed by atoms with van der Waals surface area (Å²) in [6.45, 7) is 0.782. The van der Waals surface area contributed by atoms with Crippen LogP contribution in [0.3, 0.4) is 0 Å². The second-order valence-corrected chi connectivity index (χ2v) is 4.45. The molecule has 4 nitrogen and oxygen atoms in total. The summed E-state index contributed by atoms with van der Waals surface area (Å²) in [5.41, 5.74) is 0. The molecule has 0 aromatic rings. The smallest absolute Gasteiger partial charge is 0.372 e. The van der Waals surface area contributed by atoms with Gasteiger partial charge in [0, 0.05) is 6.61 Å². The zero-order valence-corrected chi connectivity index (χ0v) is 10.2. The normalized spacial score (nSPS) is 20.7. The number of ether oxygens (including phenoxy) is 1. The van der Waals surface area contributed by atoms with Gasteiger partial charge in [-0.3, -0.25) is 4.79 Å². The molecule has 1 aliphatic rings. The molecule has 0 bridgehead atoms. The van der Waals surface area contributed by atoms with Crippen molar-refractivity contribution in [2.24, 2.45) is 5.92 Å². The molecule has 0 aromatic heterocycles. The van der Waals surface area contributed by atoms with E-state index in [4.69, 9.17) is 4.74 Å². The third-order valence-corrected chi connectivity index (χ3v) is 2.79. The van der Waals surface area contributed by atoms with Crippen molar-refractivity contribution in [3.05, 3.63) is 0 Å². The van der Waals surface area contributed by atoms with Gasteiger partial charge in [0.2, 0.25) is 5.91 Å². The lowest BCUT2D eigenvalue weighted by Gasteiger charge is -2.22. The maximum atomic E-state index is 11.8. The van der Waals surface area contributed by atoms with E-state index in [0.717, 1.165) is 32.4 Å². The summed E-state index contributed by atoms with van der Waals surface area (Å²) in [5.74, 6) is -0.189. The highest BCUT2D eigenvalue weighted by atomic mass is 19.4. The SMILES string of the molecule is O=C(COCCC1CCCNC1)NCC(F)(F)F. The summed E-state index contributed by atoms with van der Waals surface area (Å²) < 4.78 is 40.4. The molecule has 0 saturated carbocycles. The molecule has 1 aliphatic heterocycles. The highest BCUT2D eigenvalue weighted by Gasteiger charge is 2.27. The van der Waals surface area contributed by atoms with Crippen LogP contribution in [0.4, 0.5) is 13.2 Å². The molecule has 0 aliphatic carbocycles. The fourth-order valence-electron chi connectivity index (χ4n) is 1.84. The first-order chi connectivity index (χ1) is 8.47. The minimum Gasteiger partial charge on any atom is -0.372 e. The van der Waals surface area contributed by atoms with E-state index < -0.39 is 18.6 Å². The van der Waals surface area contributed by atoms with Gasteiger partial charge in [-0.25, -0.2) is 0 Å². The van der Waals surface area contributed by atoms with Crippen molar-refractivity contribution in [1.29, 1.82) is 0 Å². The first-order valence-corrected chi connectivity index (χ1v) is 6.09. The lowest BCUT2D eigenvalue weighted by molar-refractivity contribution is -0.141. The number of carbonyl (C=O) groups is 1. The monoisotopic (exact) mass is 268 g/mol. The summed E-state index contributed by atoms with van der Waals surface area (Å²) >= 11 is 0. The highest BCUT2D eigenvalue weighted by Crippen LogP contribution is 2.14. The molecule has 0 aromatic carbocycles. The van der Waals surface area contributed by atoms with Crippen LogP contribution in [0.2, 0.25) is 0 Å². The predicted molar refractivity (Wildman–Crippen MR) is 60.1 cm³/mol. The molecule has 18 heavy (non-hydrogen) atoms. The molecule has 1 fully saturated rings. The number of carbonyl (C=O) groups excluding carboxylic acids is 1. The van der Waals surface area contributed by atoms with Crippen molar-refractivity contribution in [2.45, 2.75) is 25.4 Å². The molecule has 1 saturated heterocycles. The lowest BCUT2D eigenvalue weighted by atomic mass is 9.97. The minimum absolute atomic E-state index is 0.309. The third kappa shape index (κ3) is 7.50. The Morgan fingerprint density at radius 2 is 2.22 bits per heavy atom. The molecule has 1 atom stereocenters. The van der Waals surface area contributed by atoms with E-state index in [9.17, 15) is 18.0 Å². The van der Waals surface area contributed by atoms with Crippen molar-refractivity contribution in [2.75, 3.05) is 32.8 Å². The van der Waals surface area contributed by atoms with Crippen LogP contribution in [-0.2, 0) is 9.53 Å². The van der Waals surface area contributed by atoms with Gasteiger partial charge < -0.3 is 15.4 Å². The summed E-state index contributed by atoms with van der Waals surface area (Å²) in [6, 6.07) is 0. The van der Waals surface area contributed by atoms with Gasteiger partial charge in [-0.1, -0.05) is 0 Å². The number of hydrogen-bond acceptors (Lipinski definition) is 3. The zero-order chi connectivity index (χ0) is 13.4. The number of halogens is 3. The van der Waals surface area contributed by atoms with Gasteiger partial charge in [0.1, 0.15) is 13.2 Å². The molecule has 1 amide bonds. The Bertz CT molecular complexity index is 253. The number of alkyl halides is 3. The van der Waals surface area contributed by atoms with E-state index in [1.54, 1.807) is 5.32 Å². The van der Waals surface area contributed by atoms with Crippen molar-refractivity contribution < 1.29 is 22.7 Å². The van der Waals surface area contributed by atoms with E-state index in [1.165, 1.54) is 0 Å². The lowest BCUT2D eigenvalue weighted by Crippen LogP contribution is -2.36. The van der Waals surface area contributed by atoms with Crippen molar-refractivity contribution in [3.8, 4) is 0 Å². The van der Waals surface area contributed by atoms with Gasteiger partial charge in [-0.2, -0.15) is 13.2 Å². The molecule has 1 heterocycles. The van der Waals surface area contributed by atoms with Crippen LogP contribution in [0.15, 0.2) is 0 Å². The first kappa shape index (κ1) is 15.2. The van der Waals surface area contributed by atoms with E-state index in [-0.39, 0.29) is 6.61 Å². The molecule has 106 valence electrons. The number of hydrogen-bond donors (Lipinski definition) is 2. The van der Waals surface area contributed by atoms with Crippen molar-refractivity contribution >= 4 is 5.91 Å². The van der Waals surface area contributed by atoms with Crippen LogP contribution < -0.4 is 10.6 Å². The molecule has 1 rings (SSSR count). The van der Waals surface area contributed by atoms with Gasteiger partial charge in [0.05, 0.1) is 0 Å². The average Bonchev–Trinajstić information content (AvgIpc) is 2.33. The maximum absolute atomic E-state index is 11.8. The second-order valence-electron chi connectivity index (χ2n) is 4.45. The number of piperidine rings is 1. The first-order valence-electron chi connectivity index (χ1n) is 6.09. The standard InChI is InChI=1S/C11H19F3N2O2/c12-11(13,14)8-16-10(17)7-18-5-3-9-2-1-4-15-6-9/h9,15H,1-8H2,(H,16,17).